The molecule has 208 valence electrons. The Morgan fingerprint density at radius 1 is 1.07 bits per heavy atom. The second-order valence-electron chi connectivity index (χ2n) is 11.7. The zero-order valence-corrected chi connectivity index (χ0v) is 23.8. The Balaban J connectivity index is 1.24. The quantitative estimate of drug-likeness (QED) is 0.230. The molecule has 40 heavy (non-hydrogen) atoms. The average Bonchev–Trinajstić information content (AvgIpc) is 3.57. The zero-order valence-electron chi connectivity index (χ0n) is 23.8. The smallest absolute Gasteiger partial charge is 0.251 e. The number of ether oxygens (including phenoxy) is 1. The van der Waals surface area contributed by atoms with E-state index in [1.165, 1.54) is 48.9 Å². The number of nitrogens with one attached hydrogen (secondary N) is 2. The van der Waals surface area contributed by atoms with E-state index in [9.17, 15) is 4.79 Å². The number of benzene rings is 2. The lowest BCUT2D eigenvalue weighted by Gasteiger charge is -2.41. The van der Waals surface area contributed by atoms with Crippen molar-refractivity contribution in [1.29, 1.82) is 0 Å². The molecule has 1 aliphatic heterocycles. The summed E-state index contributed by atoms with van der Waals surface area (Å²) in [5.41, 5.74) is 8.69. The third-order valence-electron chi connectivity index (χ3n) is 9.09. The van der Waals surface area contributed by atoms with E-state index in [-0.39, 0.29) is 11.4 Å². The molecule has 2 aliphatic rings. The first-order valence-electron chi connectivity index (χ1n) is 14.6. The predicted octanol–water partition coefficient (Wildman–Crippen LogP) is 5.79. The van der Waals surface area contributed by atoms with Crippen LogP contribution in [0.3, 0.4) is 0 Å². The molecule has 7 nitrogen and oxygen atoms in total. The number of carbonyl (C=O) groups is 1. The number of aromatic nitrogens is 3. The molecule has 4 aromatic rings. The molecule has 0 radical (unpaired) electrons. The van der Waals surface area contributed by atoms with Gasteiger partial charge in [0.2, 0.25) is 0 Å². The third-order valence-corrected chi connectivity index (χ3v) is 9.09. The number of carbonyl (C=O) groups excluding carboxylic acids is 1. The third kappa shape index (κ3) is 5.16. The molecule has 2 atom stereocenters. The number of pyridine rings is 1. The van der Waals surface area contributed by atoms with Crippen molar-refractivity contribution >= 4 is 16.9 Å². The molecule has 7 heteroatoms. The highest BCUT2D eigenvalue weighted by Gasteiger charge is 2.38. The van der Waals surface area contributed by atoms with Crippen LogP contribution >= 0.6 is 0 Å². The molecule has 1 fully saturated rings. The summed E-state index contributed by atoms with van der Waals surface area (Å²) < 4.78 is 5.01. The van der Waals surface area contributed by atoms with Gasteiger partial charge in [-0.3, -0.25) is 14.8 Å². The van der Waals surface area contributed by atoms with Crippen LogP contribution in [0.15, 0.2) is 54.7 Å². The van der Waals surface area contributed by atoms with E-state index >= 15 is 0 Å². The largest absolute Gasteiger partial charge is 0.383 e. The minimum Gasteiger partial charge on any atom is -0.383 e. The van der Waals surface area contributed by atoms with Gasteiger partial charge in [0.25, 0.3) is 5.91 Å². The lowest BCUT2D eigenvalue weighted by atomic mass is 9.89. The molecular formula is C33H39N5O2. The number of hydrogen-bond acceptors (Lipinski definition) is 5. The van der Waals surface area contributed by atoms with Crippen LogP contribution in [0.5, 0.6) is 0 Å². The Morgan fingerprint density at radius 3 is 2.60 bits per heavy atom. The van der Waals surface area contributed by atoms with Crippen LogP contribution < -0.4 is 5.32 Å². The normalized spacial score (nSPS) is 21.3. The molecule has 1 saturated heterocycles. The van der Waals surface area contributed by atoms with Crippen molar-refractivity contribution in [3.63, 3.8) is 0 Å². The first-order valence-corrected chi connectivity index (χ1v) is 14.6. The summed E-state index contributed by atoms with van der Waals surface area (Å²) in [6.45, 7) is 7.09. The number of aromatic amines is 1. The van der Waals surface area contributed by atoms with E-state index in [2.05, 4.69) is 63.5 Å². The van der Waals surface area contributed by atoms with E-state index in [1.807, 2.05) is 30.5 Å². The van der Waals surface area contributed by atoms with Crippen molar-refractivity contribution in [3.8, 4) is 22.4 Å². The average molecular weight is 538 g/mol. The van der Waals surface area contributed by atoms with Crippen LogP contribution in [0.1, 0.15) is 61.0 Å². The van der Waals surface area contributed by atoms with Gasteiger partial charge in [-0.25, -0.2) is 4.98 Å². The number of nitrogens with zero attached hydrogens (tertiary/aromatic N) is 3. The summed E-state index contributed by atoms with van der Waals surface area (Å²) in [5.74, 6) is -0.111. The fourth-order valence-electron chi connectivity index (χ4n) is 6.67. The molecule has 0 spiro atoms. The van der Waals surface area contributed by atoms with Crippen molar-refractivity contribution < 1.29 is 9.53 Å². The van der Waals surface area contributed by atoms with Crippen molar-refractivity contribution in [2.75, 3.05) is 26.8 Å². The fourth-order valence-corrected chi connectivity index (χ4v) is 6.67. The highest BCUT2D eigenvalue weighted by molar-refractivity contribution is 5.96. The number of methoxy groups -OCH3 is 1. The Hall–Kier alpha value is -3.55. The molecule has 0 bridgehead atoms. The number of aryl methyl sites for hydroxylation is 2. The molecule has 2 N–H and O–H groups in total. The number of H-pyrrole nitrogens is 1. The van der Waals surface area contributed by atoms with Crippen LogP contribution in [0.25, 0.3) is 33.4 Å². The Morgan fingerprint density at radius 2 is 1.85 bits per heavy atom. The second kappa shape index (κ2) is 11.1. The summed E-state index contributed by atoms with van der Waals surface area (Å²) in [7, 11) is 1.62. The van der Waals surface area contributed by atoms with Gasteiger partial charge in [0.1, 0.15) is 0 Å². The molecule has 2 aromatic carbocycles. The monoisotopic (exact) mass is 537 g/mol. The van der Waals surface area contributed by atoms with Crippen molar-refractivity contribution in [2.24, 2.45) is 0 Å². The summed E-state index contributed by atoms with van der Waals surface area (Å²) in [6.07, 6.45) is 9.26. The second-order valence-corrected chi connectivity index (χ2v) is 11.7. The topological polar surface area (TPSA) is 83.1 Å². The lowest BCUT2D eigenvalue weighted by molar-refractivity contribution is 0.0821. The Labute approximate surface area is 236 Å². The zero-order chi connectivity index (χ0) is 27.7. The van der Waals surface area contributed by atoms with Gasteiger partial charge in [0, 0.05) is 53.5 Å². The van der Waals surface area contributed by atoms with Gasteiger partial charge in [0.15, 0.2) is 5.65 Å². The van der Waals surface area contributed by atoms with Gasteiger partial charge < -0.3 is 10.1 Å². The van der Waals surface area contributed by atoms with E-state index in [4.69, 9.17) is 4.74 Å². The number of hydrogen-bond donors (Lipinski definition) is 2. The van der Waals surface area contributed by atoms with E-state index in [0.29, 0.717) is 30.4 Å². The molecule has 2 unspecified atom stereocenters. The van der Waals surface area contributed by atoms with E-state index in [1.54, 1.807) is 7.11 Å². The first kappa shape index (κ1) is 26.7. The Bertz CT molecular complexity index is 1510. The molecule has 6 rings (SSSR count). The highest BCUT2D eigenvalue weighted by atomic mass is 16.5. The lowest BCUT2D eigenvalue weighted by Crippen LogP contribution is -2.48. The van der Waals surface area contributed by atoms with Crippen LogP contribution in [0.4, 0.5) is 0 Å². The molecule has 1 amide bonds. The molecule has 3 heterocycles. The summed E-state index contributed by atoms with van der Waals surface area (Å²) in [5, 5.41) is 11.4. The maximum absolute atomic E-state index is 12.4. The van der Waals surface area contributed by atoms with Crippen LogP contribution in [-0.4, -0.2) is 64.4 Å². The van der Waals surface area contributed by atoms with Gasteiger partial charge in [-0.05, 0) is 93.8 Å². The van der Waals surface area contributed by atoms with Crippen LogP contribution in [0, 0.1) is 0 Å². The minimum absolute atomic E-state index is 0.111. The predicted molar refractivity (Wildman–Crippen MR) is 159 cm³/mol. The van der Waals surface area contributed by atoms with Gasteiger partial charge in [-0.15, -0.1) is 0 Å². The number of likely N-dealkylation sites (tertiary alicyclic amines) is 1. The van der Waals surface area contributed by atoms with Gasteiger partial charge in [0.05, 0.1) is 12.3 Å². The molecular weight excluding hydrogens is 498 g/mol. The Kier molecular flexibility index (Phi) is 7.43. The summed E-state index contributed by atoms with van der Waals surface area (Å²) in [4.78, 5) is 19.8. The number of rotatable bonds is 7. The van der Waals surface area contributed by atoms with Gasteiger partial charge in [-0.2, -0.15) is 5.10 Å². The highest BCUT2D eigenvalue weighted by Crippen LogP contribution is 2.38. The van der Waals surface area contributed by atoms with Crippen LogP contribution in [0.2, 0.25) is 0 Å². The summed E-state index contributed by atoms with van der Waals surface area (Å²) >= 11 is 0. The van der Waals surface area contributed by atoms with Crippen molar-refractivity contribution in [2.45, 2.75) is 64.0 Å². The summed E-state index contributed by atoms with van der Waals surface area (Å²) in [6, 6.07) is 17.4. The first-order chi connectivity index (χ1) is 19.4. The molecule has 0 saturated carbocycles. The maximum atomic E-state index is 12.4. The fraction of sp³-hybridized carbons (Fsp3) is 0.424. The SMILES string of the molecule is COCCNC(=O)c1ccc(-c2[nH]nc3ncc(-c4ccc5c(c4)CCC(C)(N4CCCC4C)CC5)cc23)cc1. The number of fused-ring (bicyclic) bond motifs is 2. The van der Waals surface area contributed by atoms with Crippen molar-refractivity contribution in [3.05, 3.63) is 71.4 Å². The number of amides is 1. The van der Waals surface area contributed by atoms with E-state index < -0.39 is 0 Å². The van der Waals surface area contributed by atoms with Gasteiger partial charge >= 0.3 is 0 Å². The van der Waals surface area contributed by atoms with Gasteiger partial charge in [-0.1, -0.05) is 30.3 Å². The molecule has 2 aromatic heterocycles. The standard InChI is InChI=1S/C33H39N5O2/c1-22-5-4-17-38(22)33(2)14-12-23-6-11-26(19-27(23)13-15-33)28-20-29-30(36-37-31(29)35-21-28)24-7-9-25(10-8-24)32(39)34-16-18-40-3/h6-11,19-22H,4-5,12-18H2,1-3H3,(H,34,39)(H,35,36,37). The minimum atomic E-state index is -0.111. The van der Waals surface area contributed by atoms with Crippen molar-refractivity contribution in [1.82, 2.24) is 25.4 Å². The molecule has 1 aliphatic carbocycles. The van der Waals surface area contributed by atoms with E-state index in [0.717, 1.165) is 35.0 Å². The maximum Gasteiger partial charge on any atom is 0.251 e. The van der Waals surface area contributed by atoms with Crippen LogP contribution in [-0.2, 0) is 17.6 Å².